The van der Waals surface area contributed by atoms with Gasteiger partial charge in [0.25, 0.3) is 0 Å². The Morgan fingerprint density at radius 3 is 2.40 bits per heavy atom. The number of carbonyl (C=O) groups is 2. The quantitative estimate of drug-likeness (QED) is 0.607. The molecule has 0 aromatic carbocycles. The van der Waals surface area contributed by atoms with E-state index in [1.807, 2.05) is 19.9 Å². The van der Waals surface area contributed by atoms with Gasteiger partial charge in [-0.25, -0.2) is 0 Å². The van der Waals surface area contributed by atoms with Crippen LogP contribution in [-0.4, -0.2) is 11.6 Å². The zero-order valence-corrected chi connectivity index (χ0v) is 16.9. The zero-order chi connectivity index (χ0) is 18.4. The monoisotopic (exact) mass is 344 g/mol. The van der Waals surface area contributed by atoms with Crippen LogP contribution >= 0.6 is 0 Å². The second kappa shape index (κ2) is 6.67. The lowest BCUT2D eigenvalue weighted by atomic mass is 9.47. The summed E-state index contributed by atoms with van der Waals surface area (Å²) in [5.41, 5.74) is 1.95. The number of rotatable bonds is 1. The highest BCUT2D eigenvalue weighted by Crippen LogP contribution is 2.66. The molecule has 0 aromatic heterocycles. The number of carbonyl (C=O) groups excluding carboxylic acids is 2. The number of ketones is 2. The summed E-state index contributed by atoms with van der Waals surface area (Å²) in [5.74, 6) is 3.29. The Balaban J connectivity index is 0.000000880. The molecule has 6 atom stereocenters. The van der Waals surface area contributed by atoms with Gasteiger partial charge in [0.1, 0.15) is 5.78 Å². The van der Waals surface area contributed by atoms with Crippen molar-refractivity contribution in [1.29, 1.82) is 0 Å². The second-order valence-electron chi connectivity index (χ2n) is 9.25. The highest BCUT2D eigenvalue weighted by atomic mass is 16.1. The number of hydrogen-bond donors (Lipinski definition) is 0. The van der Waals surface area contributed by atoms with E-state index in [2.05, 4.69) is 13.8 Å². The van der Waals surface area contributed by atoms with Crippen molar-refractivity contribution in [2.24, 2.45) is 34.5 Å². The minimum atomic E-state index is 0.245. The first-order valence-electron chi connectivity index (χ1n) is 10.6. The van der Waals surface area contributed by atoms with Crippen molar-refractivity contribution in [3.63, 3.8) is 0 Å². The standard InChI is InChI=1S/C21H30O2.C2H6/c1-13(22)17-6-7-18-16-5-4-14-12-15(23)8-10-20(14,2)19(16)9-11-21(17,18)3;1-2/h12,16-19H,4-11H2,1-3H3;1-2H3/t16?,17?,18-,19-,20?,21?;/m0./s1. The first-order valence-corrected chi connectivity index (χ1v) is 10.6. The first kappa shape index (κ1) is 18.9. The first-order chi connectivity index (χ1) is 11.9. The van der Waals surface area contributed by atoms with Gasteiger partial charge in [-0.15, -0.1) is 0 Å². The SMILES string of the molecule is CC.CC(=O)C1CC[C@H]2C3CCC4=CC(=O)CCC4(C)[C@H]3CCC12C. The Hall–Kier alpha value is -0.920. The van der Waals surface area contributed by atoms with Crippen molar-refractivity contribution in [2.75, 3.05) is 0 Å². The van der Waals surface area contributed by atoms with Crippen LogP contribution in [0.3, 0.4) is 0 Å². The summed E-state index contributed by atoms with van der Waals surface area (Å²) < 4.78 is 0. The molecule has 25 heavy (non-hydrogen) atoms. The van der Waals surface area contributed by atoms with Gasteiger partial charge in [-0.1, -0.05) is 33.3 Å². The molecule has 0 spiro atoms. The molecule has 4 unspecified atom stereocenters. The third kappa shape index (κ3) is 2.75. The molecule has 0 radical (unpaired) electrons. The van der Waals surface area contributed by atoms with Crippen molar-refractivity contribution in [3.05, 3.63) is 11.6 Å². The topological polar surface area (TPSA) is 34.1 Å². The predicted molar refractivity (Wildman–Crippen MR) is 102 cm³/mol. The van der Waals surface area contributed by atoms with Crippen molar-refractivity contribution < 1.29 is 9.59 Å². The molecule has 3 saturated carbocycles. The molecule has 0 saturated heterocycles. The van der Waals surface area contributed by atoms with E-state index >= 15 is 0 Å². The number of allylic oxidation sites excluding steroid dienone is 1. The highest BCUT2D eigenvalue weighted by molar-refractivity contribution is 5.91. The van der Waals surface area contributed by atoms with Crippen LogP contribution in [0.5, 0.6) is 0 Å². The summed E-state index contributed by atoms with van der Waals surface area (Å²) in [4.78, 5) is 24.0. The largest absolute Gasteiger partial charge is 0.300 e. The van der Waals surface area contributed by atoms with Crippen LogP contribution < -0.4 is 0 Å². The normalized spacial score (nSPS) is 45.3. The summed E-state index contributed by atoms with van der Waals surface area (Å²) >= 11 is 0. The fourth-order valence-electron chi connectivity index (χ4n) is 7.23. The molecule has 4 rings (SSSR count). The fraction of sp³-hybridized carbons (Fsp3) is 0.826. The van der Waals surface area contributed by atoms with Crippen LogP contribution in [0.15, 0.2) is 11.6 Å². The van der Waals surface area contributed by atoms with Gasteiger partial charge >= 0.3 is 0 Å². The number of fused-ring (bicyclic) bond motifs is 5. The van der Waals surface area contributed by atoms with Crippen LogP contribution in [0.4, 0.5) is 0 Å². The summed E-state index contributed by atoms with van der Waals surface area (Å²) in [6, 6.07) is 0. The van der Waals surface area contributed by atoms with E-state index in [0.717, 1.165) is 43.4 Å². The van der Waals surface area contributed by atoms with Crippen LogP contribution in [0.2, 0.25) is 0 Å². The maximum Gasteiger partial charge on any atom is 0.155 e. The Bertz CT molecular complexity index is 589. The van der Waals surface area contributed by atoms with Crippen molar-refractivity contribution in [2.45, 2.75) is 86.0 Å². The molecule has 140 valence electrons. The van der Waals surface area contributed by atoms with Gasteiger partial charge in [0, 0.05) is 12.3 Å². The third-order valence-electron chi connectivity index (χ3n) is 8.45. The third-order valence-corrected chi connectivity index (χ3v) is 8.45. The lowest BCUT2D eigenvalue weighted by Crippen LogP contribution is -2.51. The molecule has 0 heterocycles. The maximum absolute atomic E-state index is 12.1. The van der Waals surface area contributed by atoms with Gasteiger partial charge in [0.15, 0.2) is 5.78 Å². The Morgan fingerprint density at radius 2 is 1.72 bits per heavy atom. The molecule has 2 heteroatoms. The molecule has 0 aliphatic heterocycles. The van der Waals surface area contributed by atoms with Gasteiger partial charge in [0.2, 0.25) is 0 Å². The van der Waals surface area contributed by atoms with E-state index in [1.165, 1.54) is 31.3 Å². The molecule has 2 nitrogen and oxygen atoms in total. The average molecular weight is 345 g/mol. The van der Waals surface area contributed by atoms with Crippen molar-refractivity contribution >= 4 is 11.6 Å². The van der Waals surface area contributed by atoms with Crippen LogP contribution in [0.25, 0.3) is 0 Å². The minimum Gasteiger partial charge on any atom is -0.300 e. The molecular weight excluding hydrogens is 308 g/mol. The van der Waals surface area contributed by atoms with E-state index < -0.39 is 0 Å². The molecule has 4 aliphatic carbocycles. The van der Waals surface area contributed by atoms with E-state index in [4.69, 9.17) is 0 Å². The molecule has 0 amide bonds. The lowest BCUT2D eigenvalue weighted by molar-refractivity contribution is -0.128. The van der Waals surface area contributed by atoms with Gasteiger partial charge in [-0.2, -0.15) is 0 Å². The average Bonchev–Trinajstić information content (AvgIpc) is 2.95. The van der Waals surface area contributed by atoms with Gasteiger partial charge in [0.05, 0.1) is 0 Å². The van der Waals surface area contributed by atoms with Gasteiger partial charge in [-0.05, 0) is 86.5 Å². The number of hydrogen-bond acceptors (Lipinski definition) is 2. The minimum absolute atomic E-state index is 0.245. The maximum atomic E-state index is 12.1. The molecule has 3 fully saturated rings. The zero-order valence-electron chi connectivity index (χ0n) is 16.9. The Labute approximate surface area is 153 Å². The van der Waals surface area contributed by atoms with E-state index in [0.29, 0.717) is 17.5 Å². The molecule has 4 aliphatic rings. The molecule has 0 bridgehead atoms. The van der Waals surface area contributed by atoms with Crippen LogP contribution in [0.1, 0.15) is 86.0 Å². The van der Waals surface area contributed by atoms with E-state index in [-0.39, 0.29) is 10.8 Å². The smallest absolute Gasteiger partial charge is 0.155 e. The van der Waals surface area contributed by atoms with E-state index in [9.17, 15) is 9.59 Å². The predicted octanol–water partition coefficient (Wildman–Crippen LogP) is 5.75. The Kier molecular flexibility index (Phi) is 5.03. The van der Waals surface area contributed by atoms with Gasteiger partial charge in [-0.3, -0.25) is 9.59 Å². The second-order valence-corrected chi connectivity index (χ2v) is 9.25. The molecular formula is C23H36O2. The van der Waals surface area contributed by atoms with Crippen LogP contribution in [-0.2, 0) is 9.59 Å². The lowest BCUT2D eigenvalue weighted by Gasteiger charge is -2.58. The summed E-state index contributed by atoms with van der Waals surface area (Å²) in [5, 5.41) is 0. The van der Waals surface area contributed by atoms with Crippen LogP contribution in [0, 0.1) is 34.5 Å². The number of Topliss-reactive ketones (excluding diaryl/α,β-unsaturated/α-hetero) is 1. The summed E-state index contributed by atoms with van der Waals surface area (Å²) in [6.45, 7) is 10.6. The molecule has 0 N–H and O–H groups in total. The fourth-order valence-corrected chi connectivity index (χ4v) is 7.23. The Morgan fingerprint density at radius 1 is 1.00 bits per heavy atom. The van der Waals surface area contributed by atoms with E-state index in [1.54, 1.807) is 6.92 Å². The van der Waals surface area contributed by atoms with Gasteiger partial charge < -0.3 is 0 Å². The molecule has 0 aromatic rings. The van der Waals surface area contributed by atoms with Crippen molar-refractivity contribution in [1.82, 2.24) is 0 Å². The van der Waals surface area contributed by atoms with Crippen molar-refractivity contribution in [3.8, 4) is 0 Å². The highest BCUT2D eigenvalue weighted by Gasteiger charge is 2.59. The summed E-state index contributed by atoms with van der Waals surface area (Å²) in [7, 11) is 0. The summed E-state index contributed by atoms with van der Waals surface area (Å²) in [6.07, 6.45) is 10.9.